The summed E-state index contributed by atoms with van der Waals surface area (Å²) in [5.74, 6) is -1.36. The molecule has 5 nitrogen and oxygen atoms in total. The van der Waals surface area contributed by atoms with Gasteiger partial charge in [-0.15, -0.1) is 11.3 Å². The standard InChI is InChI=1S/C15H13ClFNO4S/c16-13-10-2-1-9(17)7-11(10)23-14(13)15(20)22-8-12(19)18-3-5-21-6-4-18/h1-2,7H,3-6,8H2. The van der Waals surface area contributed by atoms with Crippen molar-refractivity contribution in [2.45, 2.75) is 0 Å². The number of thiophene rings is 1. The van der Waals surface area contributed by atoms with Gasteiger partial charge in [0.15, 0.2) is 6.61 Å². The van der Waals surface area contributed by atoms with Gasteiger partial charge in [-0.05, 0) is 18.2 Å². The smallest absolute Gasteiger partial charge is 0.350 e. The molecule has 0 N–H and O–H groups in total. The summed E-state index contributed by atoms with van der Waals surface area (Å²) in [7, 11) is 0. The molecule has 1 aliphatic rings. The van der Waals surface area contributed by atoms with Crippen molar-refractivity contribution in [1.29, 1.82) is 0 Å². The Labute approximate surface area is 140 Å². The van der Waals surface area contributed by atoms with Crippen LogP contribution in [-0.2, 0) is 14.3 Å². The lowest BCUT2D eigenvalue weighted by molar-refractivity contribution is -0.138. The predicted octanol–water partition coefficient (Wildman–Crippen LogP) is 2.71. The number of carbonyl (C=O) groups excluding carboxylic acids is 2. The summed E-state index contributed by atoms with van der Waals surface area (Å²) < 4.78 is 24.0. The molecule has 0 atom stereocenters. The lowest BCUT2D eigenvalue weighted by atomic mass is 10.2. The minimum atomic E-state index is -0.682. The molecule has 1 fully saturated rings. The van der Waals surface area contributed by atoms with Crippen LogP contribution in [0.5, 0.6) is 0 Å². The van der Waals surface area contributed by atoms with Gasteiger partial charge in [0, 0.05) is 23.2 Å². The number of halogens is 2. The van der Waals surface area contributed by atoms with Crippen LogP contribution < -0.4 is 0 Å². The maximum absolute atomic E-state index is 13.2. The fraction of sp³-hybridized carbons (Fsp3) is 0.333. The molecule has 122 valence electrons. The van der Waals surface area contributed by atoms with E-state index in [0.29, 0.717) is 36.4 Å². The van der Waals surface area contributed by atoms with Gasteiger partial charge in [-0.3, -0.25) is 4.79 Å². The fourth-order valence-corrected chi connectivity index (χ4v) is 3.69. The second kappa shape index (κ2) is 6.82. The Balaban J connectivity index is 1.68. The van der Waals surface area contributed by atoms with Crippen LogP contribution in [0.25, 0.3) is 10.1 Å². The molecule has 2 aromatic rings. The molecule has 0 radical (unpaired) electrons. The molecule has 1 saturated heterocycles. The number of fused-ring (bicyclic) bond motifs is 1. The van der Waals surface area contributed by atoms with E-state index in [4.69, 9.17) is 21.1 Å². The third-order valence-corrected chi connectivity index (χ3v) is 5.10. The Bertz CT molecular complexity index is 757. The molecule has 1 aromatic carbocycles. The number of nitrogens with zero attached hydrogens (tertiary/aromatic N) is 1. The van der Waals surface area contributed by atoms with Crippen molar-refractivity contribution < 1.29 is 23.5 Å². The number of morpholine rings is 1. The second-order valence-corrected chi connectivity index (χ2v) is 6.39. The minimum absolute atomic E-state index is 0.169. The van der Waals surface area contributed by atoms with E-state index in [9.17, 15) is 14.0 Å². The lowest BCUT2D eigenvalue weighted by Crippen LogP contribution is -2.42. The number of esters is 1. The van der Waals surface area contributed by atoms with Gasteiger partial charge in [0.05, 0.1) is 18.2 Å². The first kappa shape index (κ1) is 16.2. The summed E-state index contributed by atoms with van der Waals surface area (Å²) >= 11 is 7.19. The van der Waals surface area contributed by atoms with Crippen LogP contribution in [0.15, 0.2) is 18.2 Å². The van der Waals surface area contributed by atoms with Gasteiger partial charge in [0.1, 0.15) is 10.7 Å². The first-order valence-corrected chi connectivity index (χ1v) is 8.16. The van der Waals surface area contributed by atoms with Crippen LogP contribution >= 0.6 is 22.9 Å². The molecule has 2 heterocycles. The molecule has 0 unspecified atom stereocenters. The minimum Gasteiger partial charge on any atom is -0.451 e. The van der Waals surface area contributed by atoms with Crippen molar-refractivity contribution in [1.82, 2.24) is 4.90 Å². The van der Waals surface area contributed by atoms with Crippen molar-refractivity contribution in [3.8, 4) is 0 Å². The molecule has 0 aliphatic carbocycles. The second-order valence-electron chi connectivity index (χ2n) is 4.95. The molecule has 3 rings (SSSR count). The summed E-state index contributed by atoms with van der Waals surface area (Å²) in [6.45, 7) is 1.58. The van der Waals surface area contributed by atoms with E-state index in [-0.39, 0.29) is 22.4 Å². The molecule has 1 aliphatic heterocycles. The molecule has 0 spiro atoms. The summed E-state index contributed by atoms with van der Waals surface area (Å²) in [5, 5.41) is 0.804. The van der Waals surface area contributed by atoms with Crippen molar-refractivity contribution in [3.05, 3.63) is 33.9 Å². The Hall–Kier alpha value is -1.70. The fourth-order valence-electron chi connectivity index (χ4n) is 2.27. The SMILES string of the molecule is O=C(OCC(=O)N1CCOCC1)c1sc2cc(F)ccc2c1Cl. The Morgan fingerprint density at radius 3 is 2.83 bits per heavy atom. The zero-order chi connectivity index (χ0) is 16.4. The van der Waals surface area contributed by atoms with Gasteiger partial charge >= 0.3 is 5.97 Å². The maximum atomic E-state index is 13.2. The molecular weight excluding hydrogens is 345 g/mol. The van der Waals surface area contributed by atoms with Gasteiger partial charge in [-0.1, -0.05) is 11.6 Å². The highest BCUT2D eigenvalue weighted by Gasteiger charge is 2.22. The quantitative estimate of drug-likeness (QED) is 0.793. The first-order valence-electron chi connectivity index (χ1n) is 6.96. The summed E-state index contributed by atoms with van der Waals surface area (Å²) in [6, 6.07) is 4.10. The topological polar surface area (TPSA) is 55.8 Å². The number of benzene rings is 1. The average molecular weight is 358 g/mol. The van der Waals surface area contributed by atoms with Crippen LogP contribution in [0.4, 0.5) is 4.39 Å². The Morgan fingerprint density at radius 2 is 2.09 bits per heavy atom. The Morgan fingerprint density at radius 1 is 1.35 bits per heavy atom. The number of rotatable bonds is 3. The number of hydrogen-bond acceptors (Lipinski definition) is 5. The third-order valence-electron chi connectivity index (χ3n) is 3.47. The van der Waals surface area contributed by atoms with Gasteiger partial charge in [-0.2, -0.15) is 0 Å². The Kier molecular flexibility index (Phi) is 4.79. The zero-order valence-electron chi connectivity index (χ0n) is 12.0. The van der Waals surface area contributed by atoms with Crippen LogP contribution in [0.3, 0.4) is 0 Å². The van der Waals surface area contributed by atoms with E-state index >= 15 is 0 Å². The van der Waals surface area contributed by atoms with E-state index in [0.717, 1.165) is 11.3 Å². The summed E-state index contributed by atoms with van der Waals surface area (Å²) in [6.07, 6.45) is 0. The van der Waals surface area contributed by atoms with E-state index in [1.807, 2.05) is 0 Å². The molecule has 1 amide bonds. The molecule has 0 bridgehead atoms. The van der Waals surface area contributed by atoms with E-state index < -0.39 is 11.8 Å². The highest BCUT2D eigenvalue weighted by Crippen LogP contribution is 2.36. The van der Waals surface area contributed by atoms with Gasteiger partial charge in [-0.25, -0.2) is 9.18 Å². The summed E-state index contributed by atoms with van der Waals surface area (Å²) in [4.78, 5) is 25.8. The molecule has 0 saturated carbocycles. The van der Waals surface area contributed by atoms with E-state index in [1.54, 1.807) is 4.90 Å². The van der Waals surface area contributed by atoms with Gasteiger partial charge in [0.2, 0.25) is 0 Å². The highest BCUT2D eigenvalue weighted by atomic mass is 35.5. The highest BCUT2D eigenvalue weighted by molar-refractivity contribution is 7.21. The zero-order valence-corrected chi connectivity index (χ0v) is 13.6. The van der Waals surface area contributed by atoms with Crippen LogP contribution in [0.1, 0.15) is 9.67 Å². The van der Waals surface area contributed by atoms with E-state index in [1.165, 1.54) is 18.2 Å². The van der Waals surface area contributed by atoms with Crippen LogP contribution in [0.2, 0.25) is 5.02 Å². The van der Waals surface area contributed by atoms with Crippen molar-refractivity contribution >= 4 is 44.9 Å². The number of carbonyl (C=O) groups is 2. The van der Waals surface area contributed by atoms with Crippen molar-refractivity contribution in [2.75, 3.05) is 32.9 Å². The maximum Gasteiger partial charge on any atom is 0.350 e. The average Bonchev–Trinajstić information content (AvgIpc) is 2.89. The van der Waals surface area contributed by atoms with Crippen molar-refractivity contribution in [2.24, 2.45) is 0 Å². The summed E-state index contributed by atoms with van der Waals surface area (Å²) in [5.41, 5.74) is 0. The third kappa shape index (κ3) is 3.46. The van der Waals surface area contributed by atoms with Crippen molar-refractivity contribution in [3.63, 3.8) is 0 Å². The van der Waals surface area contributed by atoms with Crippen LogP contribution in [0, 0.1) is 5.82 Å². The largest absolute Gasteiger partial charge is 0.451 e. The molecule has 8 heteroatoms. The molecule has 23 heavy (non-hydrogen) atoms. The first-order chi connectivity index (χ1) is 11.1. The molecular formula is C15H13ClFNO4S. The molecule has 1 aromatic heterocycles. The predicted molar refractivity (Wildman–Crippen MR) is 84.5 cm³/mol. The lowest BCUT2D eigenvalue weighted by Gasteiger charge is -2.26. The number of hydrogen-bond donors (Lipinski definition) is 0. The van der Waals surface area contributed by atoms with Gasteiger partial charge in [0.25, 0.3) is 5.91 Å². The van der Waals surface area contributed by atoms with Gasteiger partial charge < -0.3 is 14.4 Å². The normalized spacial score (nSPS) is 15.0. The van der Waals surface area contributed by atoms with Crippen LogP contribution in [-0.4, -0.2) is 49.7 Å². The van der Waals surface area contributed by atoms with E-state index in [2.05, 4.69) is 0 Å². The number of amides is 1. The number of ether oxygens (including phenoxy) is 2. The monoisotopic (exact) mass is 357 g/mol.